The average molecular weight is 685 g/mol. The first kappa shape index (κ1) is 33.2. The number of carbonyl (C=O) groups is 1. The van der Waals surface area contributed by atoms with E-state index >= 15 is 0 Å². The number of carbonyl (C=O) groups excluding carboxylic acids is 1. The van der Waals surface area contributed by atoms with Crippen LogP contribution in [0.2, 0.25) is 10.0 Å². The molecule has 4 fully saturated rings. The van der Waals surface area contributed by atoms with Crippen molar-refractivity contribution in [3.63, 3.8) is 0 Å². The van der Waals surface area contributed by atoms with Gasteiger partial charge in [0.25, 0.3) is 0 Å². The summed E-state index contributed by atoms with van der Waals surface area (Å²) in [5.74, 6) is -0.308. The highest BCUT2D eigenvalue weighted by atomic mass is 35.5. The van der Waals surface area contributed by atoms with Gasteiger partial charge in [-0.25, -0.2) is 0 Å². The Bertz CT molecular complexity index is 1550. The summed E-state index contributed by atoms with van der Waals surface area (Å²) in [5.41, 5.74) is -1.15. The lowest BCUT2D eigenvalue weighted by Gasteiger charge is -2.56. The molecule has 0 N–H and O–H groups in total. The van der Waals surface area contributed by atoms with E-state index in [4.69, 9.17) is 23.2 Å². The summed E-state index contributed by atoms with van der Waals surface area (Å²) >= 11 is 12.7. The van der Waals surface area contributed by atoms with Crippen molar-refractivity contribution < 1.29 is 35.6 Å². The SMILES string of the molecule is O=C1CCC(CC[N+]23CCC(c4ccccc4)(CC2)CC3)(c2ccc(Cl)c(Cl)c2)CN1Cc1cc(C(F)(F)F)cc(C(F)(F)F)c1. The third-order valence-corrected chi connectivity index (χ3v) is 11.6. The number of nitrogens with zero attached hydrogens (tertiary/aromatic N) is 2. The maximum atomic E-state index is 13.6. The van der Waals surface area contributed by atoms with Crippen molar-refractivity contribution in [3.8, 4) is 0 Å². The van der Waals surface area contributed by atoms with Gasteiger partial charge in [0.15, 0.2) is 0 Å². The lowest BCUT2D eigenvalue weighted by molar-refractivity contribution is -0.944. The van der Waals surface area contributed by atoms with Crippen LogP contribution in [0.1, 0.15) is 66.3 Å². The van der Waals surface area contributed by atoms with Crippen LogP contribution in [0.5, 0.6) is 0 Å². The molecule has 4 aliphatic rings. The number of rotatable bonds is 7. The monoisotopic (exact) mass is 683 g/mol. The lowest BCUT2D eigenvalue weighted by Crippen LogP contribution is -2.64. The van der Waals surface area contributed by atoms with Gasteiger partial charge in [0.05, 0.1) is 47.4 Å². The zero-order chi connectivity index (χ0) is 33.0. The molecule has 1 amide bonds. The van der Waals surface area contributed by atoms with Crippen molar-refractivity contribution in [2.45, 2.75) is 68.3 Å². The highest BCUT2D eigenvalue weighted by molar-refractivity contribution is 6.42. The number of quaternary nitrogens is 1. The minimum atomic E-state index is -4.97. The summed E-state index contributed by atoms with van der Waals surface area (Å²) in [6, 6.07) is 17.6. The number of amides is 1. The second kappa shape index (κ2) is 12.0. The molecule has 246 valence electrons. The molecule has 1 unspecified atom stereocenters. The van der Waals surface area contributed by atoms with E-state index in [0.29, 0.717) is 35.0 Å². The molecule has 4 heterocycles. The molecule has 0 saturated carbocycles. The van der Waals surface area contributed by atoms with Crippen LogP contribution in [0, 0.1) is 0 Å². The van der Waals surface area contributed by atoms with Gasteiger partial charge in [0.2, 0.25) is 5.91 Å². The minimum Gasteiger partial charge on any atom is -0.337 e. The number of likely N-dealkylation sites (tertiary alicyclic amines) is 1. The second-order valence-corrected chi connectivity index (χ2v) is 14.3. The van der Waals surface area contributed by atoms with Gasteiger partial charge in [0, 0.05) is 56.0 Å². The van der Waals surface area contributed by atoms with E-state index < -0.39 is 28.9 Å². The summed E-state index contributed by atoms with van der Waals surface area (Å²) in [4.78, 5) is 14.6. The number of hydrogen-bond donors (Lipinski definition) is 0. The average Bonchev–Trinajstić information content (AvgIpc) is 3.03. The topological polar surface area (TPSA) is 20.3 Å². The number of halogens is 8. The van der Waals surface area contributed by atoms with Crippen molar-refractivity contribution in [1.29, 1.82) is 0 Å². The Balaban J connectivity index is 1.28. The number of benzene rings is 3. The smallest absolute Gasteiger partial charge is 0.337 e. The van der Waals surface area contributed by atoms with Crippen LogP contribution >= 0.6 is 23.2 Å². The molecule has 7 rings (SSSR count). The summed E-state index contributed by atoms with van der Waals surface area (Å²) in [6.45, 7) is 3.71. The molecule has 46 heavy (non-hydrogen) atoms. The van der Waals surface area contributed by atoms with Crippen molar-refractivity contribution >= 4 is 29.1 Å². The van der Waals surface area contributed by atoms with E-state index in [2.05, 4.69) is 24.3 Å². The van der Waals surface area contributed by atoms with E-state index in [1.807, 2.05) is 12.1 Å². The zero-order valence-corrected chi connectivity index (χ0v) is 26.7. The molecule has 3 nitrogen and oxygen atoms in total. The summed E-state index contributed by atoms with van der Waals surface area (Å²) in [6.07, 6.45) is -5.41. The molecule has 1 atom stereocenters. The predicted molar refractivity (Wildman–Crippen MR) is 166 cm³/mol. The molecule has 4 aliphatic heterocycles. The number of fused-ring (bicyclic) bond motifs is 3. The van der Waals surface area contributed by atoms with Crippen LogP contribution in [-0.2, 0) is 34.5 Å². The maximum absolute atomic E-state index is 13.6. The fourth-order valence-electron chi connectivity index (χ4n) is 8.00. The van der Waals surface area contributed by atoms with Crippen molar-refractivity contribution in [2.24, 2.45) is 0 Å². The Morgan fingerprint density at radius 1 is 0.739 bits per heavy atom. The Kier molecular flexibility index (Phi) is 8.68. The first-order chi connectivity index (χ1) is 21.6. The van der Waals surface area contributed by atoms with E-state index in [-0.39, 0.29) is 42.5 Å². The highest BCUT2D eigenvalue weighted by Crippen LogP contribution is 2.48. The van der Waals surface area contributed by atoms with Crippen LogP contribution in [0.3, 0.4) is 0 Å². The predicted octanol–water partition coefficient (Wildman–Crippen LogP) is 9.43. The number of alkyl halides is 6. The number of hydrogen-bond acceptors (Lipinski definition) is 1. The third kappa shape index (κ3) is 6.52. The first-order valence-electron chi connectivity index (χ1n) is 15.5. The van der Waals surface area contributed by atoms with Crippen molar-refractivity contribution in [1.82, 2.24) is 4.90 Å². The summed E-state index contributed by atoms with van der Waals surface area (Å²) in [5, 5.41) is 0.726. The van der Waals surface area contributed by atoms with Gasteiger partial charge in [-0.1, -0.05) is 59.6 Å². The van der Waals surface area contributed by atoms with E-state index in [0.717, 1.165) is 55.5 Å². The Hall–Kier alpha value is -2.75. The molecule has 0 aliphatic carbocycles. The summed E-state index contributed by atoms with van der Waals surface area (Å²) in [7, 11) is 0. The Morgan fingerprint density at radius 3 is 1.91 bits per heavy atom. The van der Waals surface area contributed by atoms with Gasteiger partial charge in [-0.05, 0) is 53.4 Å². The zero-order valence-electron chi connectivity index (χ0n) is 25.2. The standard InChI is InChI=1S/C35H35Cl2F6N2O/c36-29-7-6-26(21-30(29)37)33(13-17-45-14-10-32(11-15-45,12-16-45)25-4-2-1-3-5-25)9-8-31(46)44(23-33)22-24-18-27(34(38,39)40)20-28(19-24)35(41,42)43/h1-7,18-21H,8-17,22-23H2/q+1. The minimum absolute atomic E-state index is 0.111. The first-order valence-corrected chi connectivity index (χ1v) is 16.3. The van der Waals surface area contributed by atoms with Gasteiger partial charge in [-0.3, -0.25) is 4.79 Å². The molecule has 3 aromatic rings. The largest absolute Gasteiger partial charge is 0.416 e. The van der Waals surface area contributed by atoms with Gasteiger partial charge < -0.3 is 9.38 Å². The van der Waals surface area contributed by atoms with Crippen LogP contribution in [0.15, 0.2) is 66.7 Å². The van der Waals surface area contributed by atoms with Crippen LogP contribution < -0.4 is 0 Å². The van der Waals surface area contributed by atoms with Gasteiger partial charge >= 0.3 is 12.4 Å². The van der Waals surface area contributed by atoms with Crippen LogP contribution in [-0.4, -0.2) is 48.0 Å². The van der Waals surface area contributed by atoms with Crippen LogP contribution in [0.4, 0.5) is 26.3 Å². The molecule has 0 spiro atoms. The van der Waals surface area contributed by atoms with E-state index in [9.17, 15) is 31.1 Å². The Morgan fingerprint density at radius 2 is 1.35 bits per heavy atom. The van der Waals surface area contributed by atoms with Gasteiger partial charge in [-0.15, -0.1) is 0 Å². The Labute approximate surface area is 274 Å². The molecular weight excluding hydrogens is 649 g/mol. The van der Waals surface area contributed by atoms with E-state index in [1.165, 1.54) is 10.5 Å². The molecule has 2 bridgehead atoms. The normalized spacial score (nSPS) is 26.9. The summed E-state index contributed by atoms with van der Waals surface area (Å²) < 4.78 is 82.6. The molecule has 4 saturated heterocycles. The lowest BCUT2D eigenvalue weighted by atomic mass is 9.65. The molecule has 0 aromatic heterocycles. The van der Waals surface area contributed by atoms with Crippen LogP contribution in [0.25, 0.3) is 0 Å². The molecule has 3 aromatic carbocycles. The quantitative estimate of drug-likeness (QED) is 0.180. The number of piperidine rings is 4. The molecule has 11 heteroatoms. The fourth-order valence-corrected chi connectivity index (χ4v) is 8.30. The molecular formula is C35H35Cl2F6N2O+. The van der Waals surface area contributed by atoms with Gasteiger partial charge in [0.1, 0.15) is 0 Å². The molecule has 0 radical (unpaired) electrons. The van der Waals surface area contributed by atoms with Crippen molar-refractivity contribution in [2.75, 3.05) is 32.7 Å². The van der Waals surface area contributed by atoms with Gasteiger partial charge in [-0.2, -0.15) is 26.3 Å². The fraction of sp³-hybridized carbons (Fsp3) is 0.457. The third-order valence-electron chi connectivity index (χ3n) is 10.9. The second-order valence-electron chi connectivity index (χ2n) is 13.5. The maximum Gasteiger partial charge on any atom is 0.416 e. The highest BCUT2D eigenvalue weighted by Gasteiger charge is 2.51. The van der Waals surface area contributed by atoms with Crippen molar-refractivity contribution in [3.05, 3.63) is 105 Å². The van der Waals surface area contributed by atoms with E-state index in [1.54, 1.807) is 12.1 Å².